The zero-order valence-electron chi connectivity index (χ0n) is 12.3. The Kier molecular flexibility index (Phi) is 3.83. The summed E-state index contributed by atoms with van der Waals surface area (Å²) in [4.78, 5) is 24.4. The number of aryl methyl sites for hydroxylation is 1. The average molecular weight is 292 g/mol. The zero-order chi connectivity index (χ0) is 15.5. The van der Waals surface area contributed by atoms with Crippen LogP contribution in [-0.2, 0) is 0 Å². The van der Waals surface area contributed by atoms with Gasteiger partial charge in [0.2, 0.25) is 0 Å². The highest BCUT2D eigenvalue weighted by Gasteiger charge is 2.12. The van der Waals surface area contributed by atoms with Gasteiger partial charge in [-0.2, -0.15) is 5.10 Å². The molecule has 0 aliphatic carbocycles. The molecule has 22 heavy (non-hydrogen) atoms. The average Bonchev–Trinajstić information content (AvgIpc) is 2.99. The molecule has 0 saturated carbocycles. The standard InChI is InChI=1S/C18H16N2O2/c1-12-3-2-4-13(9-12)17(21)7-8-18(22)14-5-6-16-15(10-14)11-19-20-16/h2-6,9-11H,7-8H2,1H3,(H,19,20). The summed E-state index contributed by atoms with van der Waals surface area (Å²) in [5.74, 6) is -0.0226. The van der Waals surface area contributed by atoms with Crippen molar-refractivity contribution in [1.29, 1.82) is 0 Å². The van der Waals surface area contributed by atoms with E-state index in [9.17, 15) is 9.59 Å². The number of carbonyl (C=O) groups is 2. The van der Waals surface area contributed by atoms with Gasteiger partial charge in [-0.05, 0) is 31.2 Å². The van der Waals surface area contributed by atoms with Crippen molar-refractivity contribution in [3.63, 3.8) is 0 Å². The van der Waals surface area contributed by atoms with Crippen LogP contribution in [0.4, 0.5) is 0 Å². The quantitative estimate of drug-likeness (QED) is 0.729. The van der Waals surface area contributed by atoms with Crippen molar-refractivity contribution in [2.75, 3.05) is 0 Å². The lowest BCUT2D eigenvalue weighted by atomic mass is 10.00. The highest BCUT2D eigenvalue weighted by Crippen LogP contribution is 2.16. The van der Waals surface area contributed by atoms with Gasteiger partial charge in [-0.3, -0.25) is 14.7 Å². The molecule has 2 aromatic carbocycles. The van der Waals surface area contributed by atoms with Crippen molar-refractivity contribution in [1.82, 2.24) is 10.2 Å². The molecule has 3 rings (SSSR count). The van der Waals surface area contributed by atoms with Crippen LogP contribution in [0.5, 0.6) is 0 Å². The molecule has 4 heteroatoms. The van der Waals surface area contributed by atoms with Crippen LogP contribution in [0.2, 0.25) is 0 Å². The minimum atomic E-state index is -0.0240. The van der Waals surface area contributed by atoms with Crippen LogP contribution in [0.3, 0.4) is 0 Å². The van der Waals surface area contributed by atoms with Gasteiger partial charge in [0.15, 0.2) is 11.6 Å². The largest absolute Gasteiger partial charge is 0.294 e. The number of fused-ring (bicyclic) bond motifs is 1. The fourth-order valence-corrected chi connectivity index (χ4v) is 2.45. The van der Waals surface area contributed by atoms with E-state index in [-0.39, 0.29) is 24.4 Å². The zero-order valence-corrected chi connectivity index (χ0v) is 12.3. The van der Waals surface area contributed by atoms with Crippen LogP contribution in [0.15, 0.2) is 48.7 Å². The monoisotopic (exact) mass is 292 g/mol. The van der Waals surface area contributed by atoms with Crippen molar-refractivity contribution in [2.45, 2.75) is 19.8 Å². The minimum absolute atomic E-state index is 0.00133. The minimum Gasteiger partial charge on any atom is -0.294 e. The maximum atomic E-state index is 12.2. The molecule has 110 valence electrons. The lowest BCUT2D eigenvalue weighted by molar-refractivity contribution is 0.0917. The van der Waals surface area contributed by atoms with Crippen LogP contribution in [0.1, 0.15) is 39.1 Å². The lowest BCUT2D eigenvalue weighted by Crippen LogP contribution is -2.05. The number of nitrogens with one attached hydrogen (secondary N) is 1. The molecular weight excluding hydrogens is 276 g/mol. The summed E-state index contributed by atoms with van der Waals surface area (Å²) in [6, 6.07) is 12.8. The Morgan fingerprint density at radius 2 is 1.73 bits per heavy atom. The normalized spacial score (nSPS) is 10.8. The van der Waals surface area contributed by atoms with Crippen LogP contribution in [0, 0.1) is 6.92 Å². The first kappa shape index (κ1) is 14.2. The van der Waals surface area contributed by atoms with Crippen LogP contribution < -0.4 is 0 Å². The topological polar surface area (TPSA) is 62.8 Å². The van der Waals surface area contributed by atoms with Gasteiger partial charge in [-0.15, -0.1) is 0 Å². The fourth-order valence-electron chi connectivity index (χ4n) is 2.45. The molecule has 4 nitrogen and oxygen atoms in total. The predicted octanol–water partition coefficient (Wildman–Crippen LogP) is 3.72. The molecule has 0 spiro atoms. The van der Waals surface area contributed by atoms with Crippen LogP contribution >= 0.6 is 0 Å². The van der Waals surface area contributed by atoms with E-state index in [0.29, 0.717) is 11.1 Å². The number of nitrogens with zero attached hydrogens (tertiary/aromatic N) is 1. The summed E-state index contributed by atoms with van der Waals surface area (Å²) < 4.78 is 0. The third kappa shape index (κ3) is 2.96. The molecule has 0 radical (unpaired) electrons. The van der Waals surface area contributed by atoms with Crippen molar-refractivity contribution in [2.24, 2.45) is 0 Å². The first-order valence-electron chi connectivity index (χ1n) is 7.20. The predicted molar refractivity (Wildman–Crippen MR) is 85.2 cm³/mol. The molecule has 0 unspecified atom stereocenters. The van der Waals surface area contributed by atoms with Gasteiger partial charge in [-0.25, -0.2) is 0 Å². The molecule has 0 amide bonds. The van der Waals surface area contributed by atoms with E-state index in [1.54, 1.807) is 24.4 Å². The summed E-state index contributed by atoms with van der Waals surface area (Å²) in [7, 11) is 0. The molecule has 0 atom stereocenters. The van der Waals surface area contributed by atoms with Crippen molar-refractivity contribution < 1.29 is 9.59 Å². The molecule has 0 saturated heterocycles. The first-order chi connectivity index (χ1) is 10.6. The van der Waals surface area contributed by atoms with E-state index in [1.807, 2.05) is 31.2 Å². The third-order valence-electron chi connectivity index (χ3n) is 3.68. The van der Waals surface area contributed by atoms with Crippen molar-refractivity contribution in [3.8, 4) is 0 Å². The Bertz CT molecular complexity index is 849. The van der Waals surface area contributed by atoms with Gasteiger partial charge in [-0.1, -0.05) is 23.8 Å². The smallest absolute Gasteiger partial charge is 0.163 e. The maximum Gasteiger partial charge on any atom is 0.163 e. The number of Topliss-reactive ketones (excluding diaryl/α,β-unsaturated/α-hetero) is 2. The summed E-state index contributed by atoms with van der Waals surface area (Å²) >= 11 is 0. The number of H-pyrrole nitrogens is 1. The van der Waals surface area contributed by atoms with Gasteiger partial charge < -0.3 is 0 Å². The van der Waals surface area contributed by atoms with E-state index in [0.717, 1.165) is 16.5 Å². The SMILES string of the molecule is Cc1cccc(C(=O)CCC(=O)c2ccc3[nH]ncc3c2)c1. The number of benzene rings is 2. The second kappa shape index (κ2) is 5.93. The van der Waals surface area contributed by atoms with Crippen molar-refractivity contribution in [3.05, 3.63) is 65.4 Å². The second-order valence-corrected chi connectivity index (χ2v) is 5.39. The Labute approximate surface area is 128 Å². The van der Waals surface area contributed by atoms with Gasteiger partial charge in [0, 0.05) is 29.4 Å². The van der Waals surface area contributed by atoms with Gasteiger partial charge >= 0.3 is 0 Å². The van der Waals surface area contributed by atoms with Crippen molar-refractivity contribution >= 4 is 22.5 Å². The molecule has 1 N–H and O–H groups in total. The molecule has 0 fully saturated rings. The highest BCUT2D eigenvalue weighted by molar-refractivity contribution is 6.03. The van der Waals surface area contributed by atoms with Gasteiger partial charge in [0.25, 0.3) is 0 Å². The van der Waals surface area contributed by atoms with E-state index < -0.39 is 0 Å². The van der Waals surface area contributed by atoms with Crippen LogP contribution in [-0.4, -0.2) is 21.8 Å². The first-order valence-corrected chi connectivity index (χ1v) is 7.20. The summed E-state index contributed by atoms with van der Waals surface area (Å²) in [6.45, 7) is 1.95. The number of aromatic amines is 1. The molecule has 1 aromatic heterocycles. The lowest BCUT2D eigenvalue weighted by Gasteiger charge is -2.03. The number of hydrogen-bond acceptors (Lipinski definition) is 3. The molecule has 0 aliphatic rings. The van der Waals surface area contributed by atoms with E-state index in [4.69, 9.17) is 0 Å². The number of hydrogen-bond donors (Lipinski definition) is 1. The van der Waals surface area contributed by atoms with Gasteiger partial charge in [0.05, 0.1) is 11.7 Å². The summed E-state index contributed by atoms with van der Waals surface area (Å²) in [5.41, 5.74) is 3.22. The van der Waals surface area contributed by atoms with Gasteiger partial charge in [0.1, 0.15) is 0 Å². The number of ketones is 2. The molecule has 3 aromatic rings. The van der Waals surface area contributed by atoms with E-state index >= 15 is 0 Å². The Hall–Kier alpha value is -2.75. The third-order valence-corrected chi connectivity index (χ3v) is 3.68. The molecular formula is C18H16N2O2. The molecule has 0 aliphatic heterocycles. The number of aromatic nitrogens is 2. The highest BCUT2D eigenvalue weighted by atomic mass is 16.1. The Morgan fingerprint density at radius 3 is 2.45 bits per heavy atom. The number of carbonyl (C=O) groups excluding carboxylic acids is 2. The Balaban J connectivity index is 1.67. The fraction of sp³-hybridized carbons (Fsp3) is 0.167. The molecule has 0 bridgehead atoms. The summed E-state index contributed by atoms with van der Waals surface area (Å²) in [6.07, 6.45) is 2.13. The molecule has 1 heterocycles. The van der Waals surface area contributed by atoms with E-state index in [1.165, 1.54) is 0 Å². The Morgan fingerprint density at radius 1 is 1.00 bits per heavy atom. The second-order valence-electron chi connectivity index (χ2n) is 5.39. The summed E-state index contributed by atoms with van der Waals surface area (Å²) in [5, 5.41) is 7.68. The maximum absolute atomic E-state index is 12.2. The van der Waals surface area contributed by atoms with E-state index in [2.05, 4.69) is 10.2 Å². The van der Waals surface area contributed by atoms with Crippen LogP contribution in [0.25, 0.3) is 10.9 Å². The number of rotatable bonds is 5.